The van der Waals surface area contributed by atoms with Gasteiger partial charge in [-0.05, 0) is 49.4 Å². The lowest BCUT2D eigenvalue weighted by molar-refractivity contribution is -0.137. The van der Waals surface area contributed by atoms with Gasteiger partial charge >= 0.3 is 6.18 Å². The van der Waals surface area contributed by atoms with Crippen LogP contribution in [0.2, 0.25) is 0 Å². The van der Waals surface area contributed by atoms with Crippen LogP contribution in [-0.4, -0.2) is 13.1 Å². The average molecular weight is 287 g/mol. The van der Waals surface area contributed by atoms with E-state index in [0.717, 1.165) is 31.1 Å². The molecule has 0 fully saturated rings. The highest BCUT2D eigenvalue weighted by atomic mass is 19.4. The minimum atomic E-state index is -4.25. The van der Waals surface area contributed by atoms with E-state index < -0.39 is 11.7 Å². The highest BCUT2D eigenvalue weighted by molar-refractivity contribution is 5.25. The van der Waals surface area contributed by atoms with Crippen molar-refractivity contribution in [2.45, 2.75) is 39.8 Å². The summed E-state index contributed by atoms with van der Waals surface area (Å²) < 4.78 is 37.9. The summed E-state index contributed by atoms with van der Waals surface area (Å²) in [5.41, 5.74) is 0.205. The summed E-state index contributed by atoms with van der Waals surface area (Å²) >= 11 is 0. The second kappa shape index (κ2) is 7.67. The van der Waals surface area contributed by atoms with Gasteiger partial charge in [0.25, 0.3) is 0 Å². The Hall–Kier alpha value is -1.03. The van der Waals surface area contributed by atoms with E-state index in [-0.39, 0.29) is 0 Å². The molecule has 0 aliphatic carbocycles. The Kier molecular flexibility index (Phi) is 6.53. The zero-order valence-corrected chi connectivity index (χ0v) is 12.4. The second-order valence-electron chi connectivity index (χ2n) is 5.89. The minimum Gasteiger partial charge on any atom is -0.316 e. The average Bonchev–Trinajstić information content (AvgIpc) is 2.34. The first kappa shape index (κ1) is 17.0. The molecule has 1 rings (SSSR count). The number of nitrogens with one attached hydrogen (secondary N) is 1. The maximum atomic E-state index is 12.6. The Bertz CT molecular complexity index is 399. The highest BCUT2D eigenvalue weighted by Gasteiger charge is 2.30. The van der Waals surface area contributed by atoms with Crippen LogP contribution in [0.3, 0.4) is 0 Å². The molecule has 4 heteroatoms. The lowest BCUT2D eigenvalue weighted by Gasteiger charge is -2.14. The van der Waals surface area contributed by atoms with Crippen molar-refractivity contribution in [3.8, 4) is 0 Å². The lowest BCUT2D eigenvalue weighted by atomic mass is 9.97. The Morgan fingerprint density at radius 1 is 1.15 bits per heavy atom. The summed E-state index contributed by atoms with van der Waals surface area (Å²) in [5, 5.41) is 3.36. The number of benzene rings is 1. The molecule has 1 N–H and O–H groups in total. The Labute approximate surface area is 119 Å². The van der Waals surface area contributed by atoms with E-state index in [9.17, 15) is 13.2 Å². The molecule has 1 atom stereocenters. The van der Waals surface area contributed by atoms with Gasteiger partial charge in [-0.15, -0.1) is 0 Å². The van der Waals surface area contributed by atoms with Crippen molar-refractivity contribution in [3.63, 3.8) is 0 Å². The second-order valence-corrected chi connectivity index (χ2v) is 5.89. The van der Waals surface area contributed by atoms with Gasteiger partial charge in [-0.2, -0.15) is 13.2 Å². The van der Waals surface area contributed by atoms with Gasteiger partial charge in [-0.25, -0.2) is 0 Å². The topological polar surface area (TPSA) is 12.0 Å². The van der Waals surface area contributed by atoms with E-state index in [1.165, 1.54) is 12.1 Å². The van der Waals surface area contributed by atoms with Crippen molar-refractivity contribution < 1.29 is 13.2 Å². The number of hydrogen-bond donors (Lipinski definition) is 1. The Morgan fingerprint density at radius 2 is 1.85 bits per heavy atom. The van der Waals surface area contributed by atoms with Crippen molar-refractivity contribution in [2.24, 2.45) is 11.8 Å². The van der Waals surface area contributed by atoms with Gasteiger partial charge in [0.05, 0.1) is 5.56 Å². The van der Waals surface area contributed by atoms with Crippen molar-refractivity contribution in [1.29, 1.82) is 0 Å². The van der Waals surface area contributed by atoms with Crippen LogP contribution in [0.15, 0.2) is 24.3 Å². The molecule has 1 nitrogen and oxygen atoms in total. The molecule has 0 radical (unpaired) electrons. The molecule has 0 bridgehead atoms. The van der Waals surface area contributed by atoms with Crippen LogP contribution in [0.4, 0.5) is 13.2 Å². The van der Waals surface area contributed by atoms with Gasteiger partial charge in [0.2, 0.25) is 0 Å². The fourth-order valence-electron chi connectivity index (χ4n) is 2.12. The third kappa shape index (κ3) is 6.42. The zero-order valence-electron chi connectivity index (χ0n) is 12.4. The maximum Gasteiger partial charge on any atom is 0.416 e. The van der Waals surface area contributed by atoms with E-state index in [1.54, 1.807) is 6.07 Å². The van der Waals surface area contributed by atoms with Crippen molar-refractivity contribution >= 4 is 0 Å². The molecule has 0 spiro atoms. The Balaban J connectivity index is 2.44. The molecule has 0 aliphatic rings. The largest absolute Gasteiger partial charge is 0.416 e. The van der Waals surface area contributed by atoms with Crippen LogP contribution >= 0.6 is 0 Å². The standard InChI is InChI=1S/C16H24F3N/c1-12(2)11-20-8-7-13(3)9-14-5-4-6-15(10-14)16(17,18)19/h4-6,10,12-13,20H,7-9,11H2,1-3H3. The highest BCUT2D eigenvalue weighted by Crippen LogP contribution is 2.30. The van der Waals surface area contributed by atoms with Crippen LogP contribution < -0.4 is 5.32 Å². The van der Waals surface area contributed by atoms with Crippen molar-refractivity contribution in [1.82, 2.24) is 5.32 Å². The predicted molar refractivity (Wildman–Crippen MR) is 76.6 cm³/mol. The van der Waals surface area contributed by atoms with Crippen LogP contribution in [-0.2, 0) is 12.6 Å². The molecule has 0 saturated heterocycles. The number of alkyl halides is 3. The van der Waals surface area contributed by atoms with E-state index in [0.29, 0.717) is 18.3 Å². The lowest BCUT2D eigenvalue weighted by Crippen LogP contribution is -2.22. The number of hydrogen-bond acceptors (Lipinski definition) is 1. The normalized spacial score (nSPS) is 13.8. The van der Waals surface area contributed by atoms with Crippen LogP contribution in [0.5, 0.6) is 0 Å². The van der Waals surface area contributed by atoms with Crippen LogP contribution in [0.1, 0.15) is 38.3 Å². The molecule has 0 aliphatic heterocycles. The smallest absolute Gasteiger partial charge is 0.316 e. The van der Waals surface area contributed by atoms with Crippen LogP contribution in [0, 0.1) is 11.8 Å². The molecule has 0 amide bonds. The quantitative estimate of drug-likeness (QED) is 0.727. The molecular formula is C16H24F3N. The molecule has 1 aromatic carbocycles. The van der Waals surface area contributed by atoms with Gasteiger partial charge in [-0.1, -0.05) is 39.0 Å². The molecule has 0 saturated carbocycles. The van der Waals surface area contributed by atoms with Gasteiger partial charge in [0.1, 0.15) is 0 Å². The van der Waals surface area contributed by atoms with Crippen molar-refractivity contribution in [3.05, 3.63) is 35.4 Å². The maximum absolute atomic E-state index is 12.6. The molecule has 0 heterocycles. The fraction of sp³-hybridized carbons (Fsp3) is 0.625. The molecule has 1 aromatic rings. The molecule has 114 valence electrons. The summed E-state index contributed by atoms with van der Waals surface area (Å²) in [5.74, 6) is 0.993. The molecular weight excluding hydrogens is 263 g/mol. The van der Waals surface area contributed by atoms with E-state index >= 15 is 0 Å². The van der Waals surface area contributed by atoms with E-state index in [4.69, 9.17) is 0 Å². The molecule has 20 heavy (non-hydrogen) atoms. The Morgan fingerprint density at radius 3 is 2.45 bits per heavy atom. The van der Waals surface area contributed by atoms with Crippen LogP contribution in [0.25, 0.3) is 0 Å². The van der Waals surface area contributed by atoms with E-state index in [2.05, 4.69) is 26.1 Å². The summed E-state index contributed by atoms with van der Waals surface area (Å²) in [6.07, 6.45) is -2.59. The SMILES string of the molecule is CC(C)CNCCC(C)Cc1cccc(C(F)(F)F)c1. The van der Waals surface area contributed by atoms with Crippen molar-refractivity contribution in [2.75, 3.05) is 13.1 Å². The monoisotopic (exact) mass is 287 g/mol. The predicted octanol–water partition coefficient (Wildman–Crippen LogP) is 4.52. The number of halogens is 3. The van der Waals surface area contributed by atoms with Gasteiger partial charge in [0.15, 0.2) is 0 Å². The summed E-state index contributed by atoms with van der Waals surface area (Å²) in [4.78, 5) is 0. The molecule has 0 aromatic heterocycles. The third-order valence-corrected chi connectivity index (χ3v) is 3.20. The summed E-state index contributed by atoms with van der Waals surface area (Å²) in [6.45, 7) is 8.28. The zero-order chi connectivity index (χ0) is 15.2. The minimum absolute atomic E-state index is 0.373. The number of rotatable bonds is 7. The van der Waals surface area contributed by atoms with Gasteiger partial charge in [-0.3, -0.25) is 0 Å². The third-order valence-electron chi connectivity index (χ3n) is 3.20. The first-order valence-electron chi connectivity index (χ1n) is 7.16. The van der Waals surface area contributed by atoms with Gasteiger partial charge < -0.3 is 5.32 Å². The van der Waals surface area contributed by atoms with Gasteiger partial charge in [0, 0.05) is 0 Å². The summed E-state index contributed by atoms with van der Waals surface area (Å²) in [7, 11) is 0. The van der Waals surface area contributed by atoms with E-state index in [1.807, 2.05) is 0 Å². The fourth-order valence-corrected chi connectivity index (χ4v) is 2.12. The molecule has 1 unspecified atom stereocenters. The first-order valence-corrected chi connectivity index (χ1v) is 7.16. The summed E-state index contributed by atoms with van der Waals surface area (Å²) in [6, 6.07) is 5.64. The first-order chi connectivity index (χ1) is 9.29.